The van der Waals surface area contributed by atoms with Gasteiger partial charge in [-0.2, -0.15) is 0 Å². The molecule has 58 valence electrons. The lowest BCUT2D eigenvalue weighted by molar-refractivity contribution is 0.0470. The van der Waals surface area contributed by atoms with Crippen molar-refractivity contribution in [2.24, 2.45) is 0 Å². The van der Waals surface area contributed by atoms with Gasteiger partial charge in [0.15, 0.2) is 0 Å². The van der Waals surface area contributed by atoms with E-state index in [1.165, 1.54) is 5.57 Å². The van der Waals surface area contributed by atoms with E-state index in [1.807, 2.05) is 6.92 Å². The maximum absolute atomic E-state index is 5.26. The van der Waals surface area contributed by atoms with E-state index in [9.17, 15) is 0 Å². The highest BCUT2D eigenvalue weighted by Crippen LogP contribution is 2.12. The standard InChI is InChI=1S/C8H14O2/c1-3-7(2)4-8-5-9-6-10-8/h3,8H,4-6H2,1-2H3/b7-3-. The van der Waals surface area contributed by atoms with Crippen LogP contribution in [-0.4, -0.2) is 19.5 Å². The molecule has 1 rings (SSSR count). The van der Waals surface area contributed by atoms with Crippen LogP contribution < -0.4 is 0 Å². The van der Waals surface area contributed by atoms with Crippen LogP contribution in [0.15, 0.2) is 11.6 Å². The fraction of sp³-hybridized carbons (Fsp3) is 0.750. The molecule has 0 N–H and O–H groups in total. The largest absolute Gasteiger partial charge is 0.353 e. The molecular weight excluding hydrogens is 128 g/mol. The summed E-state index contributed by atoms with van der Waals surface area (Å²) in [5, 5.41) is 0. The van der Waals surface area contributed by atoms with E-state index in [0.717, 1.165) is 13.0 Å². The number of allylic oxidation sites excluding steroid dienone is 1. The van der Waals surface area contributed by atoms with Crippen molar-refractivity contribution in [2.75, 3.05) is 13.4 Å². The van der Waals surface area contributed by atoms with E-state index in [4.69, 9.17) is 9.47 Å². The van der Waals surface area contributed by atoms with Crippen molar-refractivity contribution < 1.29 is 9.47 Å². The minimum Gasteiger partial charge on any atom is -0.353 e. The molecule has 2 heteroatoms. The Morgan fingerprint density at radius 2 is 2.50 bits per heavy atom. The molecule has 1 fully saturated rings. The summed E-state index contributed by atoms with van der Waals surface area (Å²) < 4.78 is 10.3. The Balaban J connectivity index is 2.24. The molecule has 1 heterocycles. The molecule has 0 spiro atoms. The summed E-state index contributed by atoms with van der Waals surface area (Å²) in [4.78, 5) is 0. The summed E-state index contributed by atoms with van der Waals surface area (Å²) in [6, 6.07) is 0. The second-order valence-corrected chi connectivity index (χ2v) is 2.62. The molecule has 1 aliphatic rings. The number of rotatable bonds is 2. The van der Waals surface area contributed by atoms with Gasteiger partial charge in [-0.15, -0.1) is 0 Å². The van der Waals surface area contributed by atoms with Crippen LogP contribution in [0.5, 0.6) is 0 Å². The Labute approximate surface area is 61.8 Å². The van der Waals surface area contributed by atoms with E-state index in [-0.39, 0.29) is 0 Å². The molecule has 2 nitrogen and oxygen atoms in total. The second-order valence-electron chi connectivity index (χ2n) is 2.62. The lowest BCUT2D eigenvalue weighted by atomic mass is 10.1. The zero-order chi connectivity index (χ0) is 7.40. The second kappa shape index (κ2) is 3.74. The lowest BCUT2D eigenvalue weighted by Crippen LogP contribution is -2.08. The van der Waals surface area contributed by atoms with E-state index >= 15 is 0 Å². The van der Waals surface area contributed by atoms with Crippen molar-refractivity contribution in [3.8, 4) is 0 Å². The van der Waals surface area contributed by atoms with E-state index in [0.29, 0.717) is 12.9 Å². The van der Waals surface area contributed by atoms with Crippen LogP contribution in [-0.2, 0) is 9.47 Å². The Morgan fingerprint density at radius 3 is 3.00 bits per heavy atom. The molecule has 0 bridgehead atoms. The zero-order valence-electron chi connectivity index (χ0n) is 6.59. The first-order valence-corrected chi connectivity index (χ1v) is 3.64. The van der Waals surface area contributed by atoms with Crippen LogP contribution in [0.3, 0.4) is 0 Å². The number of hydrogen-bond donors (Lipinski definition) is 0. The summed E-state index contributed by atoms with van der Waals surface area (Å²) in [6.45, 7) is 5.39. The predicted molar refractivity (Wildman–Crippen MR) is 39.7 cm³/mol. The van der Waals surface area contributed by atoms with Crippen molar-refractivity contribution in [3.63, 3.8) is 0 Å². The first kappa shape index (κ1) is 7.76. The first-order valence-electron chi connectivity index (χ1n) is 3.64. The normalized spacial score (nSPS) is 27.4. The van der Waals surface area contributed by atoms with Crippen LogP contribution >= 0.6 is 0 Å². The molecule has 0 aromatic rings. The van der Waals surface area contributed by atoms with Crippen molar-refractivity contribution in [1.82, 2.24) is 0 Å². The van der Waals surface area contributed by atoms with E-state index in [2.05, 4.69) is 13.0 Å². The highest BCUT2D eigenvalue weighted by molar-refractivity contribution is 4.97. The summed E-state index contributed by atoms with van der Waals surface area (Å²) >= 11 is 0. The van der Waals surface area contributed by atoms with Crippen molar-refractivity contribution >= 4 is 0 Å². The molecule has 0 aromatic carbocycles. The van der Waals surface area contributed by atoms with Crippen LogP contribution in [0.25, 0.3) is 0 Å². The molecule has 0 amide bonds. The Kier molecular flexibility index (Phi) is 2.90. The highest BCUT2D eigenvalue weighted by atomic mass is 16.7. The van der Waals surface area contributed by atoms with Gasteiger partial charge in [-0.1, -0.05) is 11.6 Å². The first-order chi connectivity index (χ1) is 4.83. The number of hydrogen-bond acceptors (Lipinski definition) is 2. The number of ether oxygens (including phenoxy) is 2. The average Bonchev–Trinajstić information content (AvgIpc) is 2.40. The van der Waals surface area contributed by atoms with E-state index in [1.54, 1.807) is 0 Å². The monoisotopic (exact) mass is 142 g/mol. The molecule has 0 aliphatic carbocycles. The van der Waals surface area contributed by atoms with Crippen molar-refractivity contribution in [3.05, 3.63) is 11.6 Å². The van der Waals surface area contributed by atoms with Gasteiger partial charge in [-0.25, -0.2) is 0 Å². The van der Waals surface area contributed by atoms with Crippen LogP contribution in [0.2, 0.25) is 0 Å². The fourth-order valence-corrected chi connectivity index (χ4v) is 0.967. The van der Waals surface area contributed by atoms with Crippen molar-refractivity contribution in [1.29, 1.82) is 0 Å². The topological polar surface area (TPSA) is 18.5 Å². The smallest absolute Gasteiger partial charge is 0.147 e. The van der Waals surface area contributed by atoms with Crippen LogP contribution in [0.4, 0.5) is 0 Å². The van der Waals surface area contributed by atoms with Crippen LogP contribution in [0, 0.1) is 0 Å². The third kappa shape index (κ3) is 2.12. The van der Waals surface area contributed by atoms with Gasteiger partial charge in [0.2, 0.25) is 0 Å². The Bertz CT molecular complexity index is 123. The van der Waals surface area contributed by atoms with Gasteiger partial charge in [0.1, 0.15) is 6.79 Å². The molecule has 1 unspecified atom stereocenters. The molecule has 10 heavy (non-hydrogen) atoms. The molecule has 0 radical (unpaired) electrons. The summed E-state index contributed by atoms with van der Waals surface area (Å²) in [6.07, 6.45) is 3.43. The van der Waals surface area contributed by atoms with Gasteiger partial charge in [0, 0.05) is 0 Å². The molecule has 0 aromatic heterocycles. The minimum absolute atomic E-state index is 0.302. The van der Waals surface area contributed by atoms with Crippen LogP contribution in [0.1, 0.15) is 20.3 Å². The lowest BCUT2D eigenvalue weighted by Gasteiger charge is -2.05. The zero-order valence-corrected chi connectivity index (χ0v) is 6.59. The highest BCUT2D eigenvalue weighted by Gasteiger charge is 2.15. The summed E-state index contributed by atoms with van der Waals surface area (Å²) in [5.41, 5.74) is 1.37. The maximum Gasteiger partial charge on any atom is 0.147 e. The van der Waals surface area contributed by atoms with Crippen molar-refractivity contribution in [2.45, 2.75) is 26.4 Å². The third-order valence-corrected chi connectivity index (χ3v) is 1.73. The van der Waals surface area contributed by atoms with E-state index < -0.39 is 0 Å². The predicted octanol–water partition coefficient (Wildman–Crippen LogP) is 1.72. The average molecular weight is 142 g/mol. The quantitative estimate of drug-likeness (QED) is 0.546. The van der Waals surface area contributed by atoms with Gasteiger partial charge in [0.25, 0.3) is 0 Å². The molecular formula is C8H14O2. The Hall–Kier alpha value is -0.340. The fourth-order valence-electron chi connectivity index (χ4n) is 0.967. The maximum atomic E-state index is 5.26. The molecule has 1 saturated heterocycles. The van der Waals surface area contributed by atoms with Gasteiger partial charge >= 0.3 is 0 Å². The van der Waals surface area contributed by atoms with Gasteiger partial charge in [0.05, 0.1) is 12.7 Å². The van der Waals surface area contributed by atoms with Gasteiger partial charge in [-0.05, 0) is 20.3 Å². The molecule has 1 aliphatic heterocycles. The molecule has 0 saturated carbocycles. The summed E-state index contributed by atoms with van der Waals surface area (Å²) in [5.74, 6) is 0. The van der Waals surface area contributed by atoms with Gasteiger partial charge in [-0.3, -0.25) is 0 Å². The Morgan fingerprint density at radius 1 is 1.70 bits per heavy atom. The molecule has 1 atom stereocenters. The van der Waals surface area contributed by atoms with Gasteiger partial charge < -0.3 is 9.47 Å². The SMILES string of the molecule is C/C=C(/C)CC1COCO1. The summed E-state index contributed by atoms with van der Waals surface area (Å²) in [7, 11) is 0. The third-order valence-electron chi connectivity index (χ3n) is 1.73. The minimum atomic E-state index is 0.302.